The molecule has 5 nitrogen and oxygen atoms in total. The van der Waals surface area contributed by atoms with Crippen LogP contribution in [0.15, 0.2) is 42.5 Å². The van der Waals surface area contributed by atoms with Crippen LogP contribution in [0.3, 0.4) is 0 Å². The van der Waals surface area contributed by atoms with E-state index >= 15 is 0 Å². The number of fused-ring (bicyclic) bond motifs is 1. The van der Waals surface area contributed by atoms with Gasteiger partial charge in [0.15, 0.2) is 0 Å². The number of nitro benzene ring substituents is 1. The van der Waals surface area contributed by atoms with Gasteiger partial charge >= 0.3 is 0 Å². The van der Waals surface area contributed by atoms with E-state index in [2.05, 4.69) is 0 Å². The first-order chi connectivity index (χ1) is 9.58. The number of amides is 1. The number of hydrogen-bond acceptors (Lipinski definition) is 3. The minimum Gasteiger partial charge on any atom is -0.304 e. The van der Waals surface area contributed by atoms with Crippen LogP contribution in [0.1, 0.15) is 21.5 Å². The molecule has 0 saturated carbocycles. The highest BCUT2D eigenvalue weighted by Gasteiger charge is 2.30. The number of anilines is 1. The van der Waals surface area contributed by atoms with Crippen molar-refractivity contribution < 1.29 is 9.72 Å². The van der Waals surface area contributed by atoms with E-state index < -0.39 is 4.92 Å². The lowest BCUT2D eigenvalue weighted by Crippen LogP contribution is -2.23. The summed E-state index contributed by atoms with van der Waals surface area (Å²) in [6, 6.07) is 12.0. The Morgan fingerprint density at radius 1 is 1.20 bits per heavy atom. The van der Waals surface area contributed by atoms with Crippen LogP contribution in [-0.4, -0.2) is 10.8 Å². The zero-order chi connectivity index (χ0) is 14.3. The molecule has 0 aromatic heterocycles. The molecule has 0 spiro atoms. The lowest BCUT2D eigenvalue weighted by Gasteiger charge is -2.17. The summed E-state index contributed by atoms with van der Waals surface area (Å²) in [5.74, 6) is -0.107. The van der Waals surface area contributed by atoms with Crippen LogP contribution in [0.4, 0.5) is 11.4 Å². The van der Waals surface area contributed by atoms with Crippen molar-refractivity contribution in [2.75, 3.05) is 4.90 Å². The number of carbonyl (C=O) groups is 1. The average molecular weight is 268 g/mol. The first-order valence-corrected chi connectivity index (χ1v) is 6.23. The van der Waals surface area contributed by atoms with E-state index in [4.69, 9.17) is 0 Å². The van der Waals surface area contributed by atoms with Gasteiger partial charge in [-0.15, -0.1) is 0 Å². The largest absolute Gasteiger partial charge is 0.304 e. The third kappa shape index (κ3) is 1.84. The molecule has 0 unspecified atom stereocenters. The Labute approximate surface area is 115 Å². The van der Waals surface area contributed by atoms with E-state index in [-0.39, 0.29) is 11.6 Å². The normalized spacial score (nSPS) is 13.4. The van der Waals surface area contributed by atoms with Gasteiger partial charge in [-0.2, -0.15) is 0 Å². The second kappa shape index (κ2) is 4.45. The number of non-ortho nitro benzene ring substituents is 1. The van der Waals surface area contributed by atoms with Crippen LogP contribution in [0.25, 0.3) is 0 Å². The SMILES string of the molecule is Cc1ccccc1N1Cc2cc([N+](=O)[O-])ccc2C1=O. The molecule has 0 atom stereocenters. The third-order valence-corrected chi connectivity index (χ3v) is 3.51. The summed E-state index contributed by atoms with van der Waals surface area (Å²) in [4.78, 5) is 24.4. The van der Waals surface area contributed by atoms with Crippen molar-refractivity contribution in [1.82, 2.24) is 0 Å². The predicted molar refractivity (Wildman–Crippen MR) is 74.8 cm³/mol. The van der Waals surface area contributed by atoms with Crippen molar-refractivity contribution in [3.8, 4) is 0 Å². The van der Waals surface area contributed by atoms with Gasteiger partial charge in [-0.25, -0.2) is 0 Å². The van der Waals surface area contributed by atoms with E-state index in [0.717, 1.165) is 11.3 Å². The molecule has 100 valence electrons. The molecule has 1 aliphatic rings. The van der Waals surface area contributed by atoms with E-state index in [1.807, 2.05) is 31.2 Å². The Balaban J connectivity index is 2.02. The highest BCUT2D eigenvalue weighted by Crippen LogP contribution is 2.32. The number of para-hydroxylation sites is 1. The number of carbonyl (C=O) groups excluding carboxylic acids is 1. The van der Waals surface area contributed by atoms with Crippen molar-refractivity contribution in [2.45, 2.75) is 13.5 Å². The first kappa shape index (κ1) is 12.3. The third-order valence-electron chi connectivity index (χ3n) is 3.51. The molecule has 5 heteroatoms. The van der Waals surface area contributed by atoms with Crippen LogP contribution in [0.2, 0.25) is 0 Å². The summed E-state index contributed by atoms with van der Waals surface area (Å²) in [5.41, 5.74) is 3.11. The van der Waals surface area contributed by atoms with Crippen LogP contribution in [0.5, 0.6) is 0 Å². The highest BCUT2D eigenvalue weighted by molar-refractivity contribution is 6.10. The molecule has 3 rings (SSSR count). The van der Waals surface area contributed by atoms with Gasteiger partial charge in [0.25, 0.3) is 11.6 Å². The molecule has 1 heterocycles. The number of aryl methyl sites for hydroxylation is 1. The van der Waals surface area contributed by atoms with E-state index in [1.165, 1.54) is 18.2 Å². The molecule has 0 aliphatic carbocycles. The van der Waals surface area contributed by atoms with Gasteiger partial charge in [0.05, 0.1) is 11.5 Å². The molecule has 0 radical (unpaired) electrons. The quantitative estimate of drug-likeness (QED) is 0.621. The maximum absolute atomic E-state index is 12.4. The first-order valence-electron chi connectivity index (χ1n) is 6.23. The summed E-state index contributed by atoms with van der Waals surface area (Å²) in [6.07, 6.45) is 0. The van der Waals surface area contributed by atoms with Crippen LogP contribution in [0, 0.1) is 17.0 Å². The molecule has 1 aliphatic heterocycles. The number of nitro groups is 1. The average Bonchev–Trinajstić information content (AvgIpc) is 2.76. The monoisotopic (exact) mass is 268 g/mol. The molecule has 0 bridgehead atoms. The van der Waals surface area contributed by atoms with Crippen molar-refractivity contribution in [3.05, 3.63) is 69.3 Å². The summed E-state index contributed by atoms with van der Waals surface area (Å²) in [7, 11) is 0. The summed E-state index contributed by atoms with van der Waals surface area (Å²) < 4.78 is 0. The maximum Gasteiger partial charge on any atom is 0.269 e. The Morgan fingerprint density at radius 2 is 1.95 bits per heavy atom. The Kier molecular flexibility index (Phi) is 2.75. The summed E-state index contributed by atoms with van der Waals surface area (Å²) >= 11 is 0. The molecule has 0 N–H and O–H groups in total. The van der Waals surface area contributed by atoms with E-state index in [9.17, 15) is 14.9 Å². The number of benzene rings is 2. The van der Waals surface area contributed by atoms with Crippen molar-refractivity contribution in [1.29, 1.82) is 0 Å². The molecule has 0 fully saturated rings. The molecular weight excluding hydrogens is 256 g/mol. The Bertz CT molecular complexity index is 725. The van der Waals surface area contributed by atoms with Crippen molar-refractivity contribution in [2.24, 2.45) is 0 Å². The highest BCUT2D eigenvalue weighted by atomic mass is 16.6. The van der Waals surface area contributed by atoms with Gasteiger partial charge in [0.1, 0.15) is 0 Å². The fourth-order valence-electron chi connectivity index (χ4n) is 2.48. The van der Waals surface area contributed by atoms with Crippen LogP contribution < -0.4 is 4.90 Å². The molecule has 20 heavy (non-hydrogen) atoms. The zero-order valence-corrected chi connectivity index (χ0v) is 10.9. The smallest absolute Gasteiger partial charge is 0.269 e. The molecular formula is C15H12N2O3. The predicted octanol–water partition coefficient (Wildman–Crippen LogP) is 3.06. The lowest BCUT2D eigenvalue weighted by molar-refractivity contribution is -0.384. The number of rotatable bonds is 2. The summed E-state index contributed by atoms with van der Waals surface area (Å²) in [5, 5.41) is 10.8. The minimum absolute atomic E-state index is 0.0168. The van der Waals surface area contributed by atoms with Gasteiger partial charge in [-0.3, -0.25) is 14.9 Å². The van der Waals surface area contributed by atoms with Crippen molar-refractivity contribution in [3.63, 3.8) is 0 Å². The van der Waals surface area contributed by atoms with Gasteiger partial charge < -0.3 is 4.90 Å². The number of hydrogen-bond donors (Lipinski definition) is 0. The fraction of sp³-hybridized carbons (Fsp3) is 0.133. The van der Waals surface area contributed by atoms with Crippen LogP contribution in [-0.2, 0) is 6.54 Å². The van der Waals surface area contributed by atoms with Gasteiger partial charge in [0, 0.05) is 23.4 Å². The second-order valence-corrected chi connectivity index (χ2v) is 4.78. The molecule has 0 saturated heterocycles. The maximum atomic E-state index is 12.4. The fourth-order valence-corrected chi connectivity index (χ4v) is 2.48. The van der Waals surface area contributed by atoms with Gasteiger partial charge in [0.2, 0.25) is 0 Å². The molecule has 2 aromatic rings. The van der Waals surface area contributed by atoms with E-state index in [0.29, 0.717) is 17.7 Å². The number of nitrogens with zero attached hydrogens (tertiary/aromatic N) is 2. The Morgan fingerprint density at radius 3 is 2.65 bits per heavy atom. The zero-order valence-electron chi connectivity index (χ0n) is 10.9. The van der Waals surface area contributed by atoms with E-state index in [1.54, 1.807) is 4.90 Å². The minimum atomic E-state index is -0.443. The van der Waals surface area contributed by atoms with Crippen molar-refractivity contribution >= 4 is 17.3 Å². The standard InChI is InChI=1S/C15H12N2O3/c1-10-4-2-3-5-14(10)16-9-11-8-12(17(19)20)6-7-13(11)15(16)18/h2-8H,9H2,1H3. The summed E-state index contributed by atoms with van der Waals surface area (Å²) in [6.45, 7) is 2.31. The molecule has 2 aromatic carbocycles. The lowest BCUT2D eigenvalue weighted by atomic mass is 10.1. The molecule has 1 amide bonds. The van der Waals surface area contributed by atoms with Gasteiger partial charge in [-0.1, -0.05) is 18.2 Å². The topological polar surface area (TPSA) is 63.4 Å². The van der Waals surface area contributed by atoms with Crippen LogP contribution >= 0.6 is 0 Å². The second-order valence-electron chi connectivity index (χ2n) is 4.78. The van der Waals surface area contributed by atoms with Gasteiger partial charge in [-0.05, 0) is 30.2 Å². The Hall–Kier alpha value is -2.69.